The van der Waals surface area contributed by atoms with Gasteiger partial charge >= 0.3 is 0 Å². The highest BCUT2D eigenvalue weighted by Gasteiger charge is 2.13. The van der Waals surface area contributed by atoms with Gasteiger partial charge in [0, 0.05) is 5.92 Å². The third kappa shape index (κ3) is 2.28. The molecular formula is C6H14O2. The second-order valence-corrected chi connectivity index (χ2v) is 2.34. The fraction of sp³-hybridized carbons (Fsp3) is 1.00. The first-order valence-corrected chi connectivity index (χ1v) is 2.92. The van der Waals surface area contributed by atoms with E-state index in [9.17, 15) is 0 Å². The van der Waals surface area contributed by atoms with Gasteiger partial charge in [0.2, 0.25) is 0 Å². The van der Waals surface area contributed by atoms with Crippen LogP contribution in [0.4, 0.5) is 0 Å². The second kappa shape index (κ2) is 3.05. The van der Waals surface area contributed by atoms with Crippen LogP contribution in [0.1, 0.15) is 20.8 Å². The molecule has 0 aliphatic carbocycles. The molecule has 0 unspecified atom stereocenters. The van der Waals surface area contributed by atoms with Crippen molar-refractivity contribution >= 4 is 0 Å². The van der Waals surface area contributed by atoms with Gasteiger partial charge in [-0.15, -0.1) is 0 Å². The fourth-order valence-corrected chi connectivity index (χ4v) is 0.403. The zero-order valence-corrected chi connectivity index (χ0v) is 5.63. The molecule has 2 nitrogen and oxygen atoms in total. The van der Waals surface area contributed by atoms with Crippen LogP contribution in [-0.2, 0) is 0 Å². The molecule has 0 radical (unpaired) electrons. The Bertz CT molecular complexity index is 51.5. The van der Waals surface area contributed by atoms with Gasteiger partial charge in [0.15, 0.2) is 0 Å². The quantitative estimate of drug-likeness (QED) is 0.550. The van der Waals surface area contributed by atoms with E-state index >= 15 is 0 Å². The number of rotatable bonds is 2. The third-order valence-electron chi connectivity index (χ3n) is 1.52. The molecule has 8 heavy (non-hydrogen) atoms. The van der Waals surface area contributed by atoms with Gasteiger partial charge in [-0.25, -0.2) is 0 Å². The Labute approximate surface area is 50.2 Å². The van der Waals surface area contributed by atoms with E-state index in [0.717, 1.165) is 0 Å². The van der Waals surface area contributed by atoms with Gasteiger partial charge in [-0.05, 0) is 13.8 Å². The first-order valence-electron chi connectivity index (χ1n) is 2.92. The first kappa shape index (κ1) is 7.92. The van der Waals surface area contributed by atoms with Gasteiger partial charge in [0.05, 0.1) is 12.2 Å². The standard InChI is InChI=1S/C6H14O2/c1-4(5(2)7)6(3)8/h4-8H,1-3H3/t5-,6-/m0/s1. The Kier molecular flexibility index (Phi) is 3.02. The Hall–Kier alpha value is -0.0800. The first-order chi connectivity index (χ1) is 3.55. The highest BCUT2D eigenvalue weighted by atomic mass is 16.3. The largest absolute Gasteiger partial charge is 0.393 e. The number of aliphatic hydroxyl groups excluding tert-OH is 2. The van der Waals surface area contributed by atoms with Gasteiger partial charge < -0.3 is 10.2 Å². The summed E-state index contributed by atoms with van der Waals surface area (Å²) in [5, 5.41) is 17.7. The Balaban J connectivity index is 3.46. The van der Waals surface area contributed by atoms with Gasteiger partial charge in [0.25, 0.3) is 0 Å². The van der Waals surface area contributed by atoms with E-state index in [2.05, 4.69) is 0 Å². The van der Waals surface area contributed by atoms with Crippen molar-refractivity contribution in [2.75, 3.05) is 0 Å². The van der Waals surface area contributed by atoms with Crippen molar-refractivity contribution in [3.8, 4) is 0 Å². The van der Waals surface area contributed by atoms with Crippen LogP contribution >= 0.6 is 0 Å². The molecule has 0 saturated carbocycles. The minimum absolute atomic E-state index is 0.0185. The molecule has 2 heteroatoms. The summed E-state index contributed by atoms with van der Waals surface area (Å²) in [4.78, 5) is 0. The summed E-state index contributed by atoms with van der Waals surface area (Å²) in [5.74, 6) is -0.0185. The van der Waals surface area contributed by atoms with Crippen molar-refractivity contribution in [3.63, 3.8) is 0 Å². The normalized spacial score (nSPS) is 18.8. The molecule has 0 aromatic rings. The smallest absolute Gasteiger partial charge is 0.0562 e. The topological polar surface area (TPSA) is 40.5 Å². The lowest BCUT2D eigenvalue weighted by Gasteiger charge is -2.16. The summed E-state index contributed by atoms with van der Waals surface area (Å²) in [6.07, 6.45) is -0.815. The number of hydrogen-bond acceptors (Lipinski definition) is 2. The Morgan fingerprint density at radius 1 is 0.875 bits per heavy atom. The highest BCUT2D eigenvalue weighted by molar-refractivity contribution is 4.63. The maximum absolute atomic E-state index is 8.83. The zero-order valence-electron chi connectivity index (χ0n) is 5.63. The molecule has 0 aromatic carbocycles. The van der Waals surface area contributed by atoms with E-state index in [1.165, 1.54) is 0 Å². The summed E-state index contributed by atoms with van der Waals surface area (Å²) >= 11 is 0. The van der Waals surface area contributed by atoms with E-state index in [0.29, 0.717) is 0 Å². The number of hydrogen-bond donors (Lipinski definition) is 2. The van der Waals surface area contributed by atoms with Crippen LogP contribution in [0.15, 0.2) is 0 Å². The van der Waals surface area contributed by atoms with Gasteiger partial charge in [-0.3, -0.25) is 0 Å². The highest BCUT2D eigenvalue weighted by Crippen LogP contribution is 2.06. The van der Waals surface area contributed by atoms with E-state index in [1.807, 2.05) is 6.92 Å². The molecule has 50 valence electrons. The van der Waals surface area contributed by atoms with Crippen molar-refractivity contribution in [2.24, 2.45) is 5.92 Å². The summed E-state index contributed by atoms with van der Waals surface area (Å²) in [7, 11) is 0. The molecule has 0 aliphatic heterocycles. The molecule has 0 heterocycles. The van der Waals surface area contributed by atoms with Crippen molar-refractivity contribution in [1.29, 1.82) is 0 Å². The summed E-state index contributed by atoms with van der Waals surface area (Å²) in [6.45, 7) is 5.17. The molecule has 0 aromatic heterocycles. The number of aliphatic hydroxyl groups is 2. The van der Waals surface area contributed by atoms with Crippen molar-refractivity contribution in [3.05, 3.63) is 0 Å². The van der Waals surface area contributed by atoms with Crippen LogP contribution < -0.4 is 0 Å². The zero-order chi connectivity index (χ0) is 6.73. The van der Waals surface area contributed by atoms with Crippen LogP contribution in [0, 0.1) is 5.92 Å². The molecule has 0 amide bonds. The van der Waals surface area contributed by atoms with Crippen LogP contribution in [0.3, 0.4) is 0 Å². The molecular weight excluding hydrogens is 104 g/mol. The molecule has 0 spiro atoms. The average Bonchev–Trinajstić information content (AvgIpc) is 1.64. The molecule has 2 atom stereocenters. The Morgan fingerprint density at radius 2 is 1.12 bits per heavy atom. The fourth-order valence-electron chi connectivity index (χ4n) is 0.403. The van der Waals surface area contributed by atoms with E-state index in [1.54, 1.807) is 13.8 Å². The van der Waals surface area contributed by atoms with Crippen molar-refractivity contribution in [1.82, 2.24) is 0 Å². The summed E-state index contributed by atoms with van der Waals surface area (Å²) in [5.41, 5.74) is 0. The minimum atomic E-state index is -0.407. The predicted molar refractivity (Wildman–Crippen MR) is 32.5 cm³/mol. The van der Waals surface area contributed by atoms with Crippen LogP contribution in [0.5, 0.6) is 0 Å². The van der Waals surface area contributed by atoms with Crippen molar-refractivity contribution < 1.29 is 10.2 Å². The lowest BCUT2D eigenvalue weighted by atomic mass is 10.0. The monoisotopic (exact) mass is 118 g/mol. The van der Waals surface area contributed by atoms with Crippen LogP contribution in [0.25, 0.3) is 0 Å². The maximum Gasteiger partial charge on any atom is 0.0562 e. The molecule has 0 bridgehead atoms. The molecule has 0 aliphatic rings. The molecule has 2 N–H and O–H groups in total. The van der Waals surface area contributed by atoms with Crippen molar-refractivity contribution in [2.45, 2.75) is 33.0 Å². The van der Waals surface area contributed by atoms with Crippen LogP contribution in [0.2, 0.25) is 0 Å². The second-order valence-electron chi connectivity index (χ2n) is 2.34. The lowest BCUT2D eigenvalue weighted by molar-refractivity contribution is 0.0420. The van der Waals surface area contributed by atoms with Gasteiger partial charge in [-0.2, -0.15) is 0 Å². The van der Waals surface area contributed by atoms with E-state index in [4.69, 9.17) is 10.2 Å². The average molecular weight is 118 g/mol. The van der Waals surface area contributed by atoms with Gasteiger partial charge in [0.1, 0.15) is 0 Å². The predicted octanol–water partition coefficient (Wildman–Crippen LogP) is 0.384. The minimum Gasteiger partial charge on any atom is -0.393 e. The lowest BCUT2D eigenvalue weighted by Crippen LogP contribution is -2.24. The van der Waals surface area contributed by atoms with Gasteiger partial charge in [-0.1, -0.05) is 6.92 Å². The molecule has 0 rings (SSSR count). The SMILES string of the molecule is CC([C@H](C)O)[C@H](C)O. The van der Waals surface area contributed by atoms with E-state index < -0.39 is 12.2 Å². The summed E-state index contributed by atoms with van der Waals surface area (Å²) < 4.78 is 0. The molecule has 0 saturated heterocycles. The Morgan fingerprint density at radius 3 is 1.12 bits per heavy atom. The summed E-state index contributed by atoms with van der Waals surface area (Å²) in [6, 6.07) is 0. The maximum atomic E-state index is 8.83. The molecule has 0 fully saturated rings. The van der Waals surface area contributed by atoms with Crippen LogP contribution in [-0.4, -0.2) is 22.4 Å². The third-order valence-corrected chi connectivity index (χ3v) is 1.52. The van der Waals surface area contributed by atoms with E-state index in [-0.39, 0.29) is 5.92 Å².